The van der Waals surface area contributed by atoms with Gasteiger partial charge in [-0.3, -0.25) is 14.9 Å². The summed E-state index contributed by atoms with van der Waals surface area (Å²) in [6.45, 7) is 4.29. The van der Waals surface area contributed by atoms with Gasteiger partial charge in [0.2, 0.25) is 0 Å². The zero-order chi connectivity index (χ0) is 15.7. The monoisotopic (exact) mass is 291 g/mol. The summed E-state index contributed by atoms with van der Waals surface area (Å²) in [5.41, 5.74) is 3.94. The largest absolute Gasteiger partial charge is 0.288 e. The molecule has 0 saturated carbocycles. The van der Waals surface area contributed by atoms with Gasteiger partial charge >= 0.3 is 0 Å². The van der Waals surface area contributed by atoms with Gasteiger partial charge in [-0.05, 0) is 34.8 Å². The molecule has 1 aliphatic heterocycles. The Kier molecular flexibility index (Phi) is 3.63. The SMILES string of the molecule is CC(C)c1ccc(C=C2C(=O)NC(=O)c3ccccc32)cc1. The number of rotatable bonds is 2. The number of carbonyl (C=O) groups excluding carboxylic acids is 2. The lowest BCUT2D eigenvalue weighted by atomic mass is 9.93. The quantitative estimate of drug-likeness (QED) is 0.678. The Labute approximate surface area is 129 Å². The number of imide groups is 1. The zero-order valence-corrected chi connectivity index (χ0v) is 12.6. The van der Waals surface area contributed by atoms with E-state index in [4.69, 9.17) is 0 Å². The van der Waals surface area contributed by atoms with E-state index in [-0.39, 0.29) is 11.8 Å². The van der Waals surface area contributed by atoms with Crippen LogP contribution in [-0.2, 0) is 4.79 Å². The molecule has 0 aromatic heterocycles. The van der Waals surface area contributed by atoms with Crippen molar-refractivity contribution in [3.8, 4) is 0 Å². The van der Waals surface area contributed by atoms with E-state index < -0.39 is 0 Å². The fourth-order valence-corrected chi connectivity index (χ4v) is 2.56. The average molecular weight is 291 g/mol. The van der Waals surface area contributed by atoms with Crippen LogP contribution in [0.3, 0.4) is 0 Å². The smallest absolute Gasteiger partial charge is 0.258 e. The molecule has 0 fully saturated rings. The highest BCUT2D eigenvalue weighted by Crippen LogP contribution is 2.26. The number of amides is 2. The van der Waals surface area contributed by atoms with E-state index in [0.29, 0.717) is 22.6 Å². The molecule has 0 spiro atoms. The lowest BCUT2D eigenvalue weighted by molar-refractivity contribution is -0.114. The normalized spacial score (nSPS) is 15.9. The molecule has 1 aliphatic rings. The molecule has 0 unspecified atom stereocenters. The standard InChI is InChI=1S/C19H17NO2/c1-12(2)14-9-7-13(8-10-14)11-17-15-5-3-4-6-16(15)18(21)20-19(17)22/h3-12H,1-2H3,(H,20,21,22). The molecule has 110 valence electrons. The van der Waals surface area contributed by atoms with Gasteiger partial charge in [0, 0.05) is 11.1 Å². The van der Waals surface area contributed by atoms with Gasteiger partial charge in [0.15, 0.2) is 0 Å². The lowest BCUT2D eigenvalue weighted by Crippen LogP contribution is -2.36. The van der Waals surface area contributed by atoms with Crippen LogP contribution in [0.15, 0.2) is 48.5 Å². The summed E-state index contributed by atoms with van der Waals surface area (Å²) in [6, 6.07) is 15.3. The molecule has 3 heteroatoms. The van der Waals surface area contributed by atoms with E-state index in [1.165, 1.54) is 5.56 Å². The second kappa shape index (κ2) is 5.60. The molecule has 0 atom stereocenters. The van der Waals surface area contributed by atoms with Gasteiger partial charge in [-0.2, -0.15) is 0 Å². The van der Waals surface area contributed by atoms with Crippen LogP contribution in [0.5, 0.6) is 0 Å². The van der Waals surface area contributed by atoms with Crippen LogP contribution < -0.4 is 5.32 Å². The maximum Gasteiger partial charge on any atom is 0.258 e. The van der Waals surface area contributed by atoms with Crippen molar-refractivity contribution in [1.29, 1.82) is 0 Å². The zero-order valence-electron chi connectivity index (χ0n) is 12.6. The maximum atomic E-state index is 12.1. The van der Waals surface area contributed by atoms with E-state index in [9.17, 15) is 9.59 Å². The molecule has 22 heavy (non-hydrogen) atoms. The average Bonchev–Trinajstić information content (AvgIpc) is 2.52. The molecular weight excluding hydrogens is 274 g/mol. The van der Waals surface area contributed by atoms with E-state index in [1.807, 2.05) is 24.3 Å². The highest BCUT2D eigenvalue weighted by Gasteiger charge is 2.26. The van der Waals surface area contributed by atoms with Gasteiger partial charge in [0.05, 0.1) is 0 Å². The van der Waals surface area contributed by atoms with Crippen LogP contribution in [0.1, 0.15) is 46.8 Å². The Hall–Kier alpha value is -2.68. The predicted octanol–water partition coefficient (Wildman–Crippen LogP) is 3.62. The first kappa shape index (κ1) is 14.3. The molecule has 0 radical (unpaired) electrons. The number of benzene rings is 2. The van der Waals surface area contributed by atoms with E-state index in [0.717, 1.165) is 5.56 Å². The number of carbonyl (C=O) groups is 2. The van der Waals surface area contributed by atoms with Crippen molar-refractivity contribution in [2.45, 2.75) is 19.8 Å². The Bertz CT molecular complexity index is 770. The Balaban J connectivity index is 2.05. The fourth-order valence-electron chi connectivity index (χ4n) is 2.56. The van der Waals surface area contributed by atoms with Crippen molar-refractivity contribution in [2.24, 2.45) is 0 Å². The van der Waals surface area contributed by atoms with E-state index in [2.05, 4.69) is 31.3 Å². The van der Waals surface area contributed by atoms with Crippen LogP contribution in [0.25, 0.3) is 11.6 Å². The summed E-state index contributed by atoms with van der Waals surface area (Å²) < 4.78 is 0. The van der Waals surface area contributed by atoms with Crippen LogP contribution in [0.2, 0.25) is 0 Å². The van der Waals surface area contributed by atoms with E-state index in [1.54, 1.807) is 18.2 Å². The highest BCUT2D eigenvalue weighted by atomic mass is 16.2. The summed E-state index contributed by atoms with van der Waals surface area (Å²) >= 11 is 0. The number of hydrogen-bond donors (Lipinski definition) is 1. The summed E-state index contributed by atoms with van der Waals surface area (Å²) in [5, 5.41) is 2.39. The van der Waals surface area contributed by atoms with Crippen LogP contribution in [-0.4, -0.2) is 11.8 Å². The van der Waals surface area contributed by atoms with Crippen molar-refractivity contribution in [3.05, 3.63) is 70.8 Å². The van der Waals surface area contributed by atoms with Gasteiger partial charge in [-0.1, -0.05) is 56.3 Å². The second-order valence-corrected chi connectivity index (χ2v) is 5.71. The summed E-state index contributed by atoms with van der Waals surface area (Å²) in [5.74, 6) is -0.220. The molecule has 0 bridgehead atoms. The van der Waals surface area contributed by atoms with Gasteiger partial charge in [-0.25, -0.2) is 0 Å². The van der Waals surface area contributed by atoms with Crippen molar-refractivity contribution >= 4 is 23.5 Å². The summed E-state index contributed by atoms with van der Waals surface area (Å²) in [6.07, 6.45) is 1.82. The van der Waals surface area contributed by atoms with Gasteiger partial charge in [0.25, 0.3) is 11.8 Å². The van der Waals surface area contributed by atoms with Crippen molar-refractivity contribution in [2.75, 3.05) is 0 Å². The number of hydrogen-bond acceptors (Lipinski definition) is 2. The Morgan fingerprint density at radius 3 is 2.14 bits per heavy atom. The third-order valence-electron chi connectivity index (χ3n) is 3.85. The third kappa shape index (κ3) is 2.58. The third-order valence-corrected chi connectivity index (χ3v) is 3.85. The molecule has 2 aromatic carbocycles. The molecule has 2 aromatic rings. The van der Waals surface area contributed by atoms with Crippen molar-refractivity contribution < 1.29 is 9.59 Å². The molecule has 0 saturated heterocycles. The molecule has 1 N–H and O–H groups in total. The van der Waals surface area contributed by atoms with Gasteiger partial charge < -0.3 is 0 Å². The van der Waals surface area contributed by atoms with Crippen molar-refractivity contribution in [1.82, 2.24) is 5.32 Å². The highest BCUT2D eigenvalue weighted by molar-refractivity contribution is 6.33. The fraction of sp³-hybridized carbons (Fsp3) is 0.158. The van der Waals surface area contributed by atoms with Crippen molar-refractivity contribution in [3.63, 3.8) is 0 Å². The minimum absolute atomic E-state index is 0.340. The van der Waals surface area contributed by atoms with Crippen LogP contribution >= 0.6 is 0 Å². The minimum Gasteiger partial charge on any atom is -0.288 e. The lowest BCUT2D eigenvalue weighted by Gasteiger charge is -2.18. The number of fused-ring (bicyclic) bond motifs is 1. The molecule has 2 amide bonds. The molecule has 0 aliphatic carbocycles. The summed E-state index contributed by atoms with van der Waals surface area (Å²) in [7, 11) is 0. The van der Waals surface area contributed by atoms with Gasteiger partial charge in [-0.15, -0.1) is 0 Å². The van der Waals surface area contributed by atoms with Crippen LogP contribution in [0.4, 0.5) is 0 Å². The Morgan fingerprint density at radius 2 is 1.50 bits per heavy atom. The second-order valence-electron chi connectivity index (χ2n) is 5.71. The van der Waals surface area contributed by atoms with E-state index >= 15 is 0 Å². The summed E-state index contributed by atoms with van der Waals surface area (Å²) in [4.78, 5) is 24.0. The first-order valence-electron chi connectivity index (χ1n) is 7.33. The first-order chi connectivity index (χ1) is 10.6. The molecule has 3 nitrogen and oxygen atoms in total. The minimum atomic E-state index is -0.350. The first-order valence-corrected chi connectivity index (χ1v) is 7.33. The maximum absolute atomic E-state index is 12.1. The molecular formula is C19H17NO2. The Morgan fingerprint density at radius 1 is 0.864 bits per heavy atom. The number of nitrogens with one attached hydrogen (secondary N) is 1. The predicted molar refractivity (Wildman–Crippen MR) is 87.3 cm³/mol. The van der Waals surface area contributed by atoms with Crippen LogP contribution in [0, 0.1) is 0 Å². The molecule has 3 rings (SSSR count). The molecule has 1 heterocycles. The van der Waals surface area contributed by atoms with Gasteiger partial charge in [0.1, 0.15) is 0 Å². The topological polar surface area (TPSA) is 46.2 Å².